The molecule has 96 valence electrons. The number of nitrogens with zero attached hydrogens (tertiary/aromatic N) is 2. The van der Waals surface area contributed by atoms with Gasteiger partial charge in [0.1, 0.15) is 0 Å². The standard InChI is InChI=1S/C15H21N3/c1-12(2)11-18(10-8-16)15-7-9-17-14-6-4-3-5-13(14)15/h3-7,9,12H,8,10-11,16H2,1-2H3. The fourth-order valence-corrected chi connectivity index (χ4v) is 2.26. The van der Waals surface area contributed by atoms with Gasteiger partial charge in [-0.15, -0.1) is 0 Å². The van der Waals surface area contributed by atoms with Crippen molar-refractivity contribution in [2.75, 3.05) is 24.5 Å². The SMILES string of the molecule is CC(C)CN(CCN)c1ccnc2ccccc12. The summed E-state index contributed by atoms with van der Waals surface area (Å²) in [5, 5.41) is 1.20. The van der Waals surface area contributed by atoms with Crippen LogP contribution in [-0.4, -0.2) is 24.6 Å². The van der Waals surface area contributed by atoms with Crippen molar-refractivity contribution in [1.29, 1.82) is 0 Å². The lowest BCUT2D eigenvalue weighted by atomic mass is 10.1. The second-order valence-electron chi connectivity index (χ2n) is 4.98. The highest BCUT2D eigenvalue weighted by Crippen LogP contribution is 2.25. The Bertz CT molecular complexity index is 503. The van der Waals surface area contributed by atoms with Crippen molar-refractivity contribution in [1.82, 2.24) is 4.98 Å². The highest BCUT2D eigenvalue weighted by atomic mass is 15.1. The fraction of sp³-hybridized carbons (Fsp3) is 0.400. The normalized spacial score (nSPS) is 11.1. The number of fused-ring (bicyclic) bond motifs is 1. The van der Waals surface area contributed by atoms with Gasteiger partial charge in [0, 0.05) is 36.9 Å². The van der Waals surface area contributed by atoms with Gasteiger partial charge in [-0.3, -0.25) is 4.98 Å². The van der Waals surface area contributed by atoms with Gasteiger partial charge in [-0.2, -0.15) is 0 Å². The summed E-state index contributed by atoms with van der Waals surface area (Å²) in [7, 11) is 0. The number of aromatic nitrogens is 1. The topological polar surface area (TPSA) is 42.1 Å². The molecule has 1 aromatic carbocycles. The fourth-order valence-electron chi connectivity index (χ4n) is 2.26. The molecule has 0 amide bonds. The molecular weight excluding hydrogens is 222 g/mol. The molecule has 0 bridgehead atoms. The van der Waals surface area contributed by atoms with E-state index in [9.17, 15) is 0 Å². The van der Waals surface area contributed by atoms with Gasteiger partial charge in [0.15, 0.2) is 0 Å². The van der Waals surface area contributed by atoms with Crippen molar-refractivity contribution in [2.24, 2.45) is 11.7 Å². The van der Waals surface area contributed by atoms with Crippen LogP contribution in [0.1, 0.15) is 13.8 Å². The van der Waals surface area contributed by atoms with E-state index in [1.807, 2.05) is 12.3 Å². The quantitative estimate of drug-likeness (QED) is 0.878. The lowest BCUT2D eigenvalue weighted by molar-refractivity contribution is 0.613. The van der Waals surface area contributed by atoms with Gasteiger partial charge in [0.25, 0.3) is 0 Å². The monoisotopic (exact) mass is 243 g/mol. The number of hydrogen-bond donors (Lipinski definition) is 1. The molecule has 0 radical (unpaired) electrons. The lowest BCUT2D eigenvalue weighted by Gasteiger charge is -2.27. The Balaban J connectivity index is 2.43. The predicted octanol–water partition coefficient (Wildman–Crippen LogP) is 2.66. The van der Waals surface area contributed by atoms with Gasteiger partial charge in [0.2, 0.25) is 0 Å². The molecule has 0 atom stereocenters. The molecule has 0 aliphatic rings. The van der Waals surface area contributed by atoms with Crippen LogP contribution < -0.4 is 10.6 Å². The first-order chi connectivity index (χ1) is 8.72. The van der Waals surface area contributed by atoms with Gasteiger partial charge in [-0.25, -0.2) is 0 Å². The Labute approximate surface area is 109 Å². The summed E-state index contributed by atoms with van der Waals surface area (Å²) in [5.41, 5.74) is 8.01. The maximum Gasteiger partial charge on any atom is 0.0722 e. The van der Waals surface area contributed by atoms with E-state index in [2.05, 4.69) is 48.0 Å². The van der Waals surface area contributed by atoms with E-state index in [0.29, 0.717) is 12.5 Å². The molecule has 2 rings (SSSR count). The van der Waals surface area contributed by atoms with Gasteiger partial charge in [-0.1, -0.05) is 32.0 Å². The molecule has 0 aliphatic heterocycles. The minimum absolute atomic E-state index is 0.614. The van der Waals surface area contributed by atoms with Gasteiger partial charge < -0.3 is 10.6 Å². The molecule has 1 heterocycles. The molecule has 0 unspecified atom stereocenters. The smallest absolute Gasteiger partial charge is 0.0722 e. The van der Waals surface area contributed by atoms with Crippen molar-refractivity contribution in [3.8, 4) is 0 Å². The summed E-state index contributed by atoms with van der Waals surface area (Å²) in [6.45, 7) is 7.03. The predicted molar refractivity (Wildman–Crippen MR) is 77.8 cm³/mol. The average Bonchev–Trinajstić information content (AvgIpc) is 2.37. The average molecular weight is 243 g/mol. The molecule has 3 nitrogen and oxygen atoms in total. The van der Waals surface area contributed by atoms with Crippen molar-refractivity contribution < 1.29 is 0 Å². The van der Waals surface area contributed by atoms with Crippen molar-refractivity contribution in [2.45, 2.75) is 13.8 Å². The van der Waals surface area contributed by atoms with E-state index < -0.39 is 0 Å². The summed E-state index contributed by atoms with van der Waals surface area (Å²) in [5.74, 6) is 0.614. The molecule has 1 aromatic heterocycles. The number of para-hydroxylation sites is 1. The van der Waals surface area contributed by atoms with Crippen LogP contribution in [0.5, 0.6) is 0 Å². The Morgan fingerprint density at radius 2 is 2.00 bits per heavy atom. The van der Waals surface area contributed by atoms with E-state index in [1.165, 1.54) is 11.1 Å². The van der Waals surface area contributed by atoms with Crippen LogP contribution in [0.4, 0.5) is 5.69 Å². The van der Waals surface area contributed by atoms with Gasteiger partial charge in [-0.05, 0) is 18.1 Å². The van der Waals surface area contributed by atoms with E-state index in [-0.39, 0.29) is 0 Å². The minimum atomic E-state index is 0.614. The third kappa shape index (κ3) is 2.79. The third-order valence-electron chi connectivity index (χ3n) is 2.95. The summed E-state index contributed by atoms with van der Waals surface area (Å²) >= 11 is 0. The van der Waals surface area contributed by atoms with Crippen LogP contribution in [0.3, 0.4) is 0 Å². The Hall–Kier alpha value is -1.61. The number of benzene rings is 1. The zero-order valence-electron chi connectivity index (χ0n) is 11.1. The summed E-state index contributed by atoms with van der Waals surface area (Å²) < 4.78 is 0. The molecule has 3 heteroatoms. The van der Waals surface area contributed by atoms with E-state index in [1.54, 1.807) is 0 Å². The molecule has 0 saturated carbocycles. The number of hydrogen-bond acceptors (Lipinski definition) is 3. The van der Waals surface area contributed by atoms with Crippen molar-refractivity contribution in [3.05, 3.63) is 36.5 Å². The van der Waals surface area contributed by atoms with Crippen LogP contribution >= 0.6 is 0 Å². The van der Waals surface area contributed by atoms with Crippen LogP contribution in [0.2, 0.25) is 0 Å². The second-order valence-corrected chi connectivity index (χ2v) is 4.98. The summed E-state index contributed by atoms with van der Waals surface area (Å²) in [4.78, 5) is 6.76. The number of nitrogens with two attached hydrogens (primary N) is 1. The molecule has 18 heavy (non-hydrogen) atoms. The summed E-state index contributed by atoms with van der Waals surface area (Å²) in [6.07, 6.45) is 1.88. The number of rotatable bonds is 5. The number of pyridine rings is 1. The van der Waals surface area contributed by atoms with Crippen LogP contribution in [0.25, 0.3) is 10.9 Å². The molecule has 0 spiro atoms. The molecule has 0 fully saturated rings. The Kier molecular flexibility index (Phi) is 4.15. The van der Waals surface area contributed by atoms with Crippen LogP contribution in [0, 0.1) is 5.92 Å². The molecular formula is C15H21N3. The first-order valence-corrected chi connectivity index (χ1v) is 6.51. The summed E-state index contributed by atoms with van der Waals surface area (Å²) in [6, 6.07) is 10.3. The molecule has 0 aliphatic carbocycles. The van der Waals surface area contributed by atoms with Gasteiger partial charge in [0.05, 0.1) is 5.52 Å². The van der Waals surface area contributed by atoms with E-state index >= 15 is 0 Å². The maximum absolute atomic E-state index is 5.73. The molecule has 0 saturated heterocycles. The van der Waals surface area contributed by atoms with Gasteiger partial charge >= 0.3 is 0 Å². The first kappa shape index (κ1) is 12.8. The largest absolute Gasteiger partial charge is 0.369 e. The Morgan fingerprint density at radius 1 is 1.22 bits per heavy atom. The first-order valence-electron chi connectivity index (χ1n) is 6.51. The number of anilines is 1. The van der Waals surface area contributed by atoms with Crippen molar-refractivity contribution >= 4 is 16.6 Å². The minimum Gasteiger partial charge on any atom is -0.369 e. The van der Waals surface area contributed by atoms with E-state index in [4.69, 9.17) is 5.73 Å². The van der Waals surface area contributed by atoms with Crippen LogP contribution in [-0.2, 0) is 0 Å². The van der Waals surface area contributed by atoms with E-state index in [0.717, 1.165) is 18.6 Å². The van der Waals surface area contributed by atoms with Crippen molar-refractivity contribution in [3.63, 3.8) is 0 Å². The Morgan fingerprint density at radius 3 is 2.72 bits per heavy atom. The molecule has 2 aromatic rings. The van der Waals surface area contributed by atoms with Crippen LogP contribution in [0.15, 0.2) is 36.5 Å². The lowest BCUT2D eigenvalue weighted by Crippen LogP contribution is -2.32. The molecule has 2 N–H and O–H groups in total. The maximum atomic E-state index is 5.73. The third-order valence-corrected chi connectivity index (χ3v) is 2.95. The zero-order chi connectivity index (χ0) is 13.0. The highest BCUT2D eigenvalue weighted by molar-refractivity contribution is 5.91. The highest BCUT2D eigenvalue weighted by Gasteiger charge is 2.11. The second kappa shape index (κ2) is 5.83. The zero-order valence-corrected chi connectivity index (χ0v) is 11.1.